The van der Waals surface area contributed by atoms with Crippen LogP contribution in [0, 0.1) is 0 Å². The minimum Gasteiger partial charge on any atom is -0.312 e. The van der Waals surface area contributed by atoms with Crippen molar-refractivity contribution in [3.8, 4) is 0 Å². The van der Waals surface area contributed by atoms with E-state index in [2.05, 4.69) is 0 Å². The number of benzene rings is 2. The summed E-state index contributed by atoms with van der Waals surface area (Å²) in [5.41, 5.74) is 1.23. The monoisotopic (exact) mass is 332 g/mol. The molecule has 6 heteroatoms. The molecule has 0 aliphatic carbocycles. The zero-order valence-electron chi connectivity index (χ0n) is 12.9. The molecule has 0 aliphatic heterocycles. The Hall–Kier alpha value is -2.07. The highest BCUT2D eigenvalue weighted by atomic mass is 31.2. The summed E-state index contributed by atoms with van der Waals surface area (Å²) >= 11 is 0. The zero-order chi connectivity index (χ0) is 16.9. The molecular weight excluding hydrogens is 315 g/mol. The molecular formula is C17H17O5P. The zero-order valence-corrected chi connectivity index (χ0v) is 13.8. The van der Waals surface area contributed by atoms with Crippen LogP contribution in [0.1, 0.15) is 26.3 Å². The lowest BCUT2D eigenvalue weighted by Crippen LogP contribution is -2.10. The fourth-order valence-corrected chi connectivity index (χ4v) is 3.00. The number of carbonyl (C=O) groups excluding carboxylic acids is 2. The van der Waals surface area contributed by atoms with E-state index in [4.69, 9.17) is 9.05 Å². The van der Waals surface area contributed by atoms with Crippen molar-refractivity contribution in [1.82, 2.24) is 0 Å². The molecule has 0 spiro atoms. The van der Waals surface area contributed by atoms with E-state index in [0.29, 0.717) is 16.7 Å². The second-order valence-electron chi connectivity index (χ2n) is 4.83. The second-order valence-corrected chi connectivity index (χ2v) is 7.10. The largest absolute Gasteiger partial charge is 0.337 e. The van der Waals surface area contributed by atoms with Crippen LogP contribution in [-0.2, 0) is 13.6 Å². The van der Waals surface area contributed by atoms with Gasteiger partial charge in [0.1, 0.15) is 6.16 Å². The summed E-state index contributed by atoms with van der Waals surface area (Å²) in [6.07, 6.45) is -0.372. The number of hydrogen-bond donors (Lipinski definition) is 0. The van der Waals surface area contributed by atoms with Crippen molar-refractivity contribution in [2.45, 2.75) is 0 Å². The standard InChI is InChI=1S/C17H17O5P/c1-21-23(20,22-2)12-16(18)14-9-6-10-15(11-14)17(19)13-7-4-3-5-8-13/h3-11H,12H2,1-2H3. The van der Waals surface area contributed by atoms with Gasteiger partial charge >= 0.3 is 7.60 Å². The van der Waals surface area contributed by atoms with E-state index in [9.17, 15) is 14.2 Å². The first-order valence-corrected chi connectivity index (χ1v) is 8.65. The summed E-state index contributed by atoms with van der Waals surface area (Å²) in [6.45, 7) is 0. The Morgan fingerprint density at radius 3 is 2.04 bits per heavy atom. The Labute approximate surface area is 134 Å². The van der Waals surface area contributed by atoms with Gasteiger partial charge in [0, 0.05) is 30.9 Å². The van der Waals surface area contributed by atoms with Gasteiger partial charge in [-0.3, -0.25) is 14.2 Å². The first-order chi connectivity index (χ1) is 11.0. The molecule has 23 heavy (non-hydrogen) atoms. The van der Waals surface area contributed by atoms with Crippen LogP contribution in [0.3, 0.4) is 0 Å². The summed E-state index contributed by atoms with van der Waals surface area (Å²) in [7, 11) is -0.976. The average Bonchev–Trinajstić information content (AvgIpc) is 2.61. The number of Topliss-reactive ketones (excluding diaryl/α,β-unsaturated/α-hetero) is 1. The summed E-state index contributed by atoms with van der Waals surface area (Å²) in [5.74, 6) is -0.582. The van der Waals surface area contributed by atoms with E-state index in [1.165, 1.54) is 20.3 Å². The lowest BCUT2D eigenvalue weighted by molar-refractivity contribution is 0.101. The highest BCUT2D eigenvalue weighted by molar-refractivity contribution is 7.54. The van der Waals surface area contributed by atoms with E-state index < -0.39 is 13.4 Å². The lowest BCUT2D eigenvalue weighted by Gasteiger charge is -2.12. The fourth-order valence-electron chi connectivity index (χ4n) is 2.06. The van der Waals surface area contributed by atoms with Gasteiger partial charge in [0.25, 0.3) is 0 Å². The molecule has 0 atom stereocenters. The number of rotatable bonds is 7. The third kappa shape index (κ3) is 4.23. The first kappa shape index (κ1) is 17.3. The Morgan fingerprint density at radius 1 is 0.870 bits per heavy atom. The van der Waals surface area contributed by atoms with Gasteiger partial charge in [0.15, 0.2) is 11.6 Å². The molecule has 120 valence electrons. The van der Waals surface area contributed by atoms with Crippen molar-refractivity contribution in [3.05, 3.63) is 71.3 Å². The molecule has 2 rings (SSSR count). The van der Waals surface area contributed by atoms with Gasteiger partial charge in [-0.2, -0.15) is 0 Å². The smallest absolute Gasteiger partial charge is 0.312 e. The fraction of sp³-hybridized carbons (Fsp3) is 0.176. The Morgan fingerprint density at radius 2 is 1.43 bits per heavy atom. The Bertz CT molecular complexity index is 747. The normalized spacial score (nSPS) is 11.2. The summed E-state index contributed by atoms with van der Waals surface area (Å²) in [5, 5.41) is 0. The van der Waals surface area contributed by atoms with Crippen LogP contribution in [0.2, 0.25) is 0 Å². The van der Waals surface area contributed by atoms with Crippen molar-refractivity contribution >= 4 is 19.2 Å². The minimum atomic E-state index is -3.43. The van der Waals surface area contributed by atoms with E-state index in [1.54, 1.807) is 42.5 Å². The molecule has 0 aromatic heterocycles. The Kier molecular flexibility index (Phi) is 5.61. The molecule has 0 amide bonds. The Balaban J connectivity index is 2.25. The second kappa shape index (κ2) is 7.47. The SMILES string of the molecule is COP(=O)(CC(=O)c1cccc(C(=O)c2ccccc2)c1)OC. The van der Waals surface area contributed by atoms with Crippen molar-refractivity contribution in [2.24, 2.45) is 0 Å². The maximum atomic E-state index is 12.4. The van der Waals surface area contributed by atoms with Crippen molar-refractivity contribution in [1.29, 1.82) is 0 Å². The van der Waals surface area contributed by atoms with Crippen molar-refractivity contribution < 1.29 is 23.2 Å². The predicted molar refractivity (Wildman–Crippen MR) is 87.1 cm³/mol. The van der Waals surface area contributed by atoms with Crippen molar-refractivity contribution in [3.63, 3.8) is 0 Å². The summed E-state index contributed by atoms with van der Waals surface area (Å²) in [4.78, 5) is 24.6. The third-order valence-corrected chi connectivity index (χ3v) is 5.16. The maximum absolute atomic E-state index is 12.4. The molecule has 2 aromatic carbocycles. The van der Waals surface area contributed by atoms with Crippen molar-refractivity contribution in [2.75, 3.05) is 20.4 Å². The molecule has 0 unspecified atom stereocenters. The van der Waals surface area contributed by atoms with Gasteiger partial charge in [-0.05, 0) is 6.07 Å². The van der Waals surface area contributed by atoms with Gasteiger partial charge in [-0.1, -0.05) is 48.5 Å². The molecule has 0 aliphatic rings. The average molecular weight is 332 g/mol. The van der Waals surface area contributed by atoms with Crippen LogP contribution in [0.15, 0.2) is 54.6 Å². The highest BCUT2D eigenvalue weighted by Crippen LogP contribution is 2.46. The molecule has 0 N–H and O–H groups in total. The van der Waals surface area contributed by atoms with Crippen LogP contribution >= 0.6 is 7.60 Å². The van der Waals surface area contributed by atoms with Gasteiger partial charge in [-0.15, -0.1) is 0 Å². The summed E-state index contributed by atoms with van der Waals surface area (Å²) in [6, 6.07) is 15.1. The predicted octanol–water partition coefficient (Wildman–Crippen LogP) is 3.59. The van der Waals surface area contributed by atoms with E-state index in [1.807, 2.05) is 6.07 Å². The molecule has 0 heterocycles. The van der Waals surface area contributed by atoms with Crippen LogP contribution in [-0.4, -0.2) is 31.9 Å². The molecule has 0 radical (unpaired) electrons. The summed E-state index contributed by atoms with van der Waals surface area (Å²) < 4.78 is 21.6. The molecule has 0 fully saturated rings. The van der Waals surface area contributed by atoms with Gasteiger partial charge in [0.2, 0.25) is 0 Å². The van der Waals surface area contributed by atoms with E-state index in [-0.39, 0.29) is 11.9 Å². The third-order valence-electron chi connectivity index (χ3n) is 3.38. The topological polar surface area (TPSA) is 69.7 Å². The molecule has 0 saturated heterocycles. The molecule has 0 bridgehead atoms. The number of carbonyl (C=O) groups is 2. The molecule has 5 nitrogen and oxygen atoms in total. The maximum Gasteiger partial charge on any atom is 0.337 e. The van der Waals surface area contributed by atoms with Crippen LogP contribution in [0.4, 0.5) is 0 Å². The number of hydrogen-bond acceptors (Lipinski definition) is 5. The van der Waals surface area contributed by atoms with Gasteiger partial charge < -0.3 is 9.05 Å². The minimum absolute atomic E-state index is 0.179. The highest BCUT2D eigenvalue weighted by Gasteiger charge is 2.26. The quantitative estimate of drug-likeness (QED) is 0.572. The van der Waals surface area contributed by atoms with E-state index in [0.717, 1.165) is 0 Å². The van der Waals surface area contributed by atoms with Crippen LogP contribution in [0.25, 0.3) is 0 Å². The number of ketones is 2. The molecule has 2 aromatic rings. The molecule has 0 saturated carbocycles. The van der Waals surface area contributed by atoms with Crippen LogP contribution in [0.5, 0.6) is 0 Å². The van der Waals surface area contributed by atoms with Gasteiger partial charge in [-0.25, -0.2) is 0 Å². The van der Waals surface area contributed by atoms with E-state index >= 15 is 0 Å². The first-order valence-electron chi connectivity index (χ1n) is 6.92. The van der Waals surface area contributed by atoms with Gasteiger partial charge in [0.05, 0.1) is 0 Å². The lowest BCUT2D eigenvalue weighted by atomic mass is 10.0. The van der Waals surface area contributed by atoms with Crippen LogP contribution < -0.4 is 0 Å².